The van der Waals surface area contributed by atoms with Crippen LogP contribution in [-0.2, 0) is 6.54 Å². The highest BCUT2D eigenvalue weighted by molar-refractivity contribution is 14.1. The molecule has 84 valence electrons. The molecular formula is C8H8F3IN2O. The molecule has 15 heavy (non-hydrogen) atoms. The van der Waals surface area contributed by atoms with Crippen molar-refractivity contribution in [2.45, 2.75) is 19.8 Å². The average Bonchev–Trinajstić information content (AvgIpc) is 2.10. The Labute approximate surface area is 98.0 Å². The topological polar surface area (TPSA) is 48.1 Å². The summed E-state index contributed by atoms with van der Waals surface area (Å²) in [5.41, 5.74) is 6.02. The Morgan fingerprint density at radius 1 is 1.53 bits per heavy atom. The standard InChI is InChI=1S/C8H8F3IN2O/c1-4-6(12)2-5(3-13)14-7(4)15-8(9,10)11/h2H,3,13H2,1H3. The van der Waals surface area contributed by atoms with Gasteiger partial charge >= 0.3 is 6.36 Å². The maximum Gasteiger partial charge on any atom is 0.574 e. The number of aromatic nitrogens is 1. The molecular weight excluding hydrogens is 324 g/mol. The van der Waals surface area contributed by atoms with Gasteiger partial charge in [0.1, 0.15) is 0 Å². The van der Waals surface area contributed by atoms with Crippen molar-refractivity contribution in [1.29, 1.82) is 0 Å². The van der Waals surface area contributed by atoms with E-state index in [-0.39, 0.29) is 6.54 Å². The Balaban J connectivity index is 3.11. The summed E-state index contributed by atoms with van der Waals surface area (Å²) in [5, 5.41) is 0. The van der Waals surface area contributed by atoms with Gasteiger partial charge in [-0.1, -0.05) is 0 Å². The quantitative estimate of drug-likeness (QED) is 0.846. The second-order valence-corrected chi connectivity index (χ2v) is 3.94. The van der Waals surface area contributed by atoms with Crippen LogP contribution in [0.5, 0.6) is 5.88 Å². The molecule has 0 aliphatic rings. The first-order chi connectivity index (χ1) is 6.83. The van der Waals surface area contributed by atoms with E-state index in [4.69, 9.17) is 5.73 Å². The number of hydrogen-bond donors (Lipinski definition) is 1. The summed E-state index contributed by atoms with van der Waals surface area (Å²) in [7, 11) is 0. The van der Waals surface area contributed by atoms with Crippen LogP contribution in [-0.4, -0.2) is 11.3 Å². The Morgan fingerprint density at radius 2 is 2.13 bits per heavy atom. The Bertz CT molecular complexity index is 368. The minimum atomic E-state index is -4.73. The fourth-order valence-corrected chi connectivity index (χ4v) is 1.51. The lowest BCUT2D eigenvalue weighted by Gasteiger charge is -2.12. The monoisotopic (exact) mass is 332 g/mol. The average molecular weight is 332 g/mol. The summed E-state index contributed by atoms with van der Waals surface area (Å²) < 4.78 is 40.4. The van der Waals surface area contributed by atoms with E-state index >= 15 is 0 Å². The van der Waals surface area contributed by atoms with E-state index in [2.05, 4.69) is 9.72 Å². The number of hydrogen-bond acceptors (Lipinski definition) is 3. The van der Waals surface area contributed by atoms with E-state index in [1.54, 1.807) is 6.07 Å². The molecule has 0 atom stereocenters. The van der Waals surface area contributed by atoms with Crippen LogP contribution in [0, 0.1) is 10.5 Å². The molecule has 0 aromatic carbocycles. The molecule has 0 saturated carbocycles. The van der Waals surface area contributed by atoms with Gasteiger partial charge in [0.05, 0.1) is 5.69 Å². The number of halogens is 4. The van der Waals surface area contributed by atoms with Gasteiger partial charge in [-0.3, -0.25) is 0 Å². The molecule has 0 aliphatic heterocycles. The van der Waals surface area contributed by atoms with Crippen LogP contribution in [0.1, 0.15) is 11.3 Å². The van der Waals surface area contributed by atoms with Gasteiger partial charge in [0.2, 0.25) is 5.88 Å². The van der Waals surface area contributed by atoms with Crippen molar-refractivity contribution in [2.24, 2.45) is 5.73 Å². The Morgan fingerprint density at radius 3 is 2.60 bits per heavy atom. The molecule has 2 N–H and O–H groups in total. The maximum atomic E-state index is 12.0. The first-order valence-electron chi connectivity index (χ1n) is 3.95. The summed E-state index contributed by atoms with van der Waals surface area (Å²) in [4.78, 5) is 3.66. The van der Waals surface area contributed by atoms with Crippen molar-refractivity contribution in [3.8, 4) is 5.88 Å². The van der Waals surface area contributed by atoms with Gasteiger partial charge in [0.15, 0.2) is 0 Å². The number of nitrogens with zero attached hydrogens (tertiary/aromatic N) is 1. The molecule has 0 saturated heterocycles. The van der Waals surface area contributed by atoms with Crippen LogP contribution >= 0.6 is 22.6 Å². The van der Waals surface area contributed by atoms with Crippen LogP contribution in [0.2, 0.25) is 0 Å². The van der Waals surface area contributed by atoms with Crippen LogP contribution in [0.4, 0.5) is 13.2 Å². The number of ether oxygens (including phenoxy) is 1. The van der Waals surface area contributed by atoms with Crippen LogP contribution in [0.3, 0.4) is 0 Å². The molecule has 0 amide bonds. The zero-order chi connectivity index (χ0) is 11.6. The molecule has 3 nitrogen and oxygen atoms in total. The van der Waals surface area contributed by atoms with E-state index in [0.717, 1.165) is 0 Å². The van der Waals surface area contributed by atoms with Crippen LogP contribution in [0.25, 0.3) is 0 Å². The van der Waals surface area contributed by atoms with Gasteiger partial charge in [-0.05, 0) is 35.6 Å². The fraction of sp³-hybridized carbons (Fsp3) is 0.375. The predicted octanol–water partition coefficient (Wildman–Crippen LogP) is 2.35. The van der Waals surface area contributed by atoms with E-state index in [9.17, 15) is 13.2 Å². The van der Waals surface area contributed by atoms with Crippen molar-refractivity contribution in [1.82, 2.24) is 4.98 Å². The summed E-state index contributed by atoms with van der Waals surface area (Å²) in [5.74, 6) is -0.435. The SMILES string of the molecule is Cc1c(I)cc(CN)nc1OC(F)(F)F. The zero-order valence-electron chi connectivity index (χ0n) is 7.73. The smallest absolute Gasteiger partial charge is 0.388 e. The molecule has 0 fully saturated rings. The summed E-state index contributed by atoms with van der Waals surface area (Å²) in [6, 6.07) is 1.62. The fourth-order valence-electron chi connectivity index (χ4n) is 0.917. The Kier molecular flexibility index (Phi) is 3.77. The molecule has 1 aromatic rings. The third-order valence-electron chi connectivity index (χ3n) is 1.64. The van der Waals surface area contributed by atoms with Gasteiger partial charge in [-0.25, -0.2) is 4.98 Å². The first-order valence-corrected chi connectivity index (χ1v) is 5.03. The first kappa shape index (κ1) is 12.5. The van der Waals surface area contributed by atoms with Crippen molar-refractivity contribution in [2.75, 3.05) is 0 Å². The van der Waals surface area contributed by atoms with Crippen molar-refractivity contribution >= 4 is 22.6 Å². The molecule has 0 bridgehead atoms. The van der Waals surface area contributed by atoms with Gasteiger partial charge in [0.25, 0.3) is 0 Å². The highest BCUT2D eigenvalue weighted by Gasteiger charge is 2.32. The molecule has 0 unspecified atom stereocenters. The van der Waals surface area contributed by atoms with Crippen molar-refractivity contribution in [3.63, 3.8) is 0 Å². The predicted molar refractivity (Wildman–Crippen MR) is 56.3 cm³/mol. The highest BCUT2D eigenvalue weighted by atomic mass is 127. The highest BCUT2D eigenvalue weighted by Crippen LogP contribution is 2.27. The largest absolute Gasteiger partial charge is 0.574 e. The number of nitrogens with two attached hydrogens (primary N) is 1. The third kappa shape index (κ3) is 3.49. The van der Waals surface area contributed by atoms with Gasteiger partial charge < -0.3 is 10.5 Å². The van der Waals surface area contributed by atoms with Gasteiger partial charge in [0, 0.05) is 15.7 Å². The lowest BCUT2D eigenvalue weighted by Crippen LogP contribution is -2.19. The van der Waals surface area contributed by atoms with E-state index in [1.807, 2.05) is 22.6 Å². The molecule has 1 rings (SSSR count). The lowest BCUT2D eigenvalue weighted by atomic mass is 10.2. The van der Waals surface area contributed by atoms with Crippen molar-refractivity contribution in [3.05, 3.63) is 20.9 Å². The van der Waals surface area contributed by atoms with Gasteiger partial charge in [-0.2, -0.15) is 0 Å². The normalized spacial score (nSPS) is 11.6. The van der Waals surface area contributed by atoms with Gasteiger partial charge in [-0.15, -0.1) is 13.2 Å². The number of rotatable bonds is 2. The van der Waals surface area contributed by atoms with E-state index in [0.29, 0.717) is 14.8 Å². The second-order valence-electron chi connectivity index (χ2n) is 2.78. The summed E-state index contributed by atoms with van der Waals surface area (Å²) >= 11 is 1.91. The minimum Gasteiger partial charge on any atom is -0.388 e. The van der Waals surface area contributed by atoms with Crippen LogP contribution < -0.4 is 10.5 Å². The van der Waals surface area contributed by atoms with E-state index < -0.39 is 12.2 Å². The number of alkyl halides is 3. The minimum absolute atomic E-state index is 0.0739. The number of pyridine rings is 1. The van der Waals surface area contributed by atoms with E-state index in [1.165, 1.54) is 6.92 Å². The maximum absolute atomic E-state index is 12.0. The summed E-state index contributed by atoms with van der Waals surface area (Å²) in [6.45, 7) is 1.58. The third-order valence-corrected chi connectivity index (χ3v) is 2.76. The molecule has 7 heteroatoms. The molecule has 0 radical (unpaired) electrons. The van der Waals surface area contributed by atoms with Crippen LogP contribution in [0.15, 0.2) is 6.07 Å². The molecule has 0 spiro atoms. The summed E-state index contributed by atoms with van der Waals surface area (Å²) in [6.07, 6.45) is -4.73. The zero-order valence-corrected chi connectivity index (χ0v) is 9.89. The molecule has 1 aromatic heterocycles. The Hall–Kier alpha value is -0.570. The van der Waals surface area contributed by atoms with Crippen molar-refractivity contribution < 1.29 is 17.9 Å². The molecule has 1 heterocycles. The lowest BCUT2D eigenvalue weighted by molar-refractivity contribution is -0.276. The second kappa shape index (κ2) is 4.52. The molecule has 0 aliphatic carbocycles.